The van der Waals surface area contributed by atoms with Crippen LogP contribution in [0.5, 0.6) is 23.0 Å². The highest BCUT2D eigenvalue weighted by Gasteiger charge is 2.33. The zero-order valence-corrected chi connectivity index (χ0v) is 25.6. The van der Waals surface area contributed by atoms with Crippen LogP contribution in [-0.4, -0.2) is 34.4 Å². The standard InChI is InChI=1S/C35H31NO8S/c1-4-23(37)18-41-24-9-11-25(12-10-24)42-34(39)21-5-7-22(8-6-21)35(40)44-28-14-13-27(38)32-31(28)36-33(45-32)30-17-26-20(3)15-19(2)16-29(26)43-30/h4,9-17,21-22,38H,1,5-8,18H2,2-3H3. The Balaban J connectivity index is 1.08. The summed E-state index contributed by atoms with van der Waals surface area (Å²) in [6.07, 6.45) is 3.12. The highest BCUT2D eigenvalue weighted by atomic mass is 32.1. The zero-order chi connectivity index (χ0) is 31.7. The number of aromatic nitrogens is 1. The Hall–Kier alpha value is -4.96. The Morgan fingerprint density at radius 1 is 0.956 bits per heavy atom. The van der Waals surface area contributed by atoms with Crippen molar-refractivity contribution in [1.29, 1.82) is 0 Å². The van der Waals surface area contributed by atoms with Gasteiger partial charge in [0, 0.05) is 5.39 Å². The van der Waals surface area contributed by atoms with Crippen LogP contribution < -0.4 is 14.2 Å². The van der Waals surface area contributed by atoms with Gasteiger partial charge in [-0.3, -0.25) is 14.4 Å². The van der Waals surface area contributed by atoms with Gasteiger partial charge in [-0.15, -0.1) is 11.3 Å². The summed E-state index contributed by atoms with van der Waals surface area (Å²) in [6.45, 7) is 7.33. The highest BCUT2D eigenvalue weighted by Crippen LogP contribution is 2.42. The summed E-state index contributed by atoms with van der Waals surface area (Å²) >= 11 is 1.27. The van der Waals surface area contributed by atoms with E-state index in [0.29, 0.717) is 58.2 Å². The second-order valence-electron chi connectivity index (χ2n) is 11.2. The number of aromatic hydroxyl groups is 1. The van der Waals surface area contributed by atoms with E-state index in [1.165, 1.54) is 23.5 Å². The van der Waals surface area contributed by atoms with Crippen molar-refractivity contribution in [1.82, 2.24) is 4.98 Å². The predicted molar refractivity (Wildman–Crippen MR) is 170 cm³/mol. The van der Waals surface area contributed by atoms with Crippen LogP contribution in [0.15, 0.2) is 71.7 Å². The first-order valence-corrected chi connectivity index (χ1v) is 15.5. The van der Waals surface area contributed by atoms with Gasteiger partial charge >= 0.3 is 11.9 Å². The van der Waals surface area contributed by atoms with Crippen LogP contribution in [0, 0.1) is 25.7 Å². The molecule has 2 aromatic heterocycles. The highest BCUT2D eigenvalue weighted by molar-refractivity contribution is 7.22. The number of ketones is 1. The maximum atomic E-state index is 13.2. The van der Waals surface area contributed by atoms with Crippen LogP contribution in [0.25, 0.3) is 32.0 Å². The fourth-order valence-electron chi connectivity index (χ4n) is 5.52. The van der Waals surface area contributed by atoms with Crippen molar-refractivity contribution in [2.24, 2.45) is 11.8 Å². The van der Waals surface area contributed by atoms with Crippen LogP contribution in [0.1, 0.15) is 36.8 Å². The number of rotatable bonds is 9. The molecular formula is C35H31NO8S. The van der Waals surface area contributed by atoms with Gasteiger partial charge in [-0.05, 0) is 105 Å². The molecule has 45 heavy (non-hydrogen) atoms. The van der Waals surface area contributed by atoms with Crippen molar-refractivity contribution in [3.05, 3.63) is 78.4 Å². The molecule has 1 N–H and O–H groups in total. The average Bonchev–Trinajstić information content (AvgIpc) is 3.68. The van der Waals surface area contributed by atoms with Gasteiger partial charge in [0.05, 0.1) is 11.8 Å². The number of ether oxygens (including phenoxy) is 3. The van der Waals surface area contributed by atoms with Crippen LogP contribution in [0.4, 0.5) is 0 Å². The van der Waals surface area contributed by atoms with E-state index in [9.17, 15) is 19.5 Å². The molecule has 0 bridgehead atoms. The van der Waals surface area contributed by atoms with E-state index in [0.717, 1.165) is 22.1 Å². The summed E-state index contributed by atoms with van der Waals surface area (Å²) < 4.78 is 23.3. The number of carbonyl (C=O) groups excluding carboxylic acids is 3. The van der Waals surface area contributed by atoms with Crippen LogP contribution >= 0.6 is 11.3 Å². The molecule has 1 aliphatic carbocycles. The van der Waals surface area contributed by atoms with E-state index in [1.54, 1.807) is 30.3 Å². The summed E-state index contributed by atoms with van der Waals surface area (Å²) in [6, 6.07) is 15.5. The molecular weight excluding hydrogens is 594 g/mol. The van der Waals surface area contributed by atoms with Crippen LogP contribution in [0.3, 0.4) is 0 Å². The molecule has 1 fully saturated rings. The summed E-state index contributed by atoms with van der Waals surface area (Å²) in [5, 5.41) is 12.1. The molecule has 0 radical (unpaired) electrons. The number of hydrogen-bond acceptors (Lipinski definition) is 10. The number of hydrogen-bond donors (Lipinski definition) is 1. The average molecular weight is 626 g/mol. The summed E-state index contributed by atoms with van der Waals surface area (Å²) in [4.78, 5) is 42.0. The monoisotopic (exact) mass is 625 g/mol. The van der Waals surface area contributed by atoms with Crippen molar-refractivity contribution < 1.29 is 38.1 Å². The molecule has 0 amide bonds. The molecule has 9 nitrogen and oxygen atoms in total. The lowest BCUT2D eigenvalue weighted by molar-refractivity contribution is -0.145. The van der Waals surface area contributed by atoms with E-state index in [-0.39, 0.29) is 41.7 Å². The number of thiazole rings is 1. The summed E-state index contributed by atoms with van der Waals surface area (Å²) in [5.74, 6) is 0.0161. The number of fused-ring (bicyclic) bond motifs is 2. The third-order valence-electron chi connectivity index (χ3n) is 7.94. The molecule has 0 saturated heterocycles. The normalized spacial score (nSPS) is 16.4. The molecule has 6 rings (SSSR count). The second kappa shape index (κ2) is 12.6. The fraction of sp³-hybridized carbons (Fsp3) is 0.257. The second-order valence-corrected chi connectivity index (χ2v) is 12.2. The van der Waals surface area contributed by atoms with Crippen LogP contribution in [-0.2, 0) is 14.4 Å². The van der Waals surface area contributed by atoms with E-state index < -0.39 is 5.97 Å². The number of furan rings is 1. The Morgan fingerprint density at radius 2 is 1.62 bits per heavy atom. The van der Waals surface area contributed by atoms with Gasteiger partial charge in [0.25, 0.3) is 0 Å². The smallest absolute Gasteiger partial charge is 0.314 e. The number of nitrogens with zero attached hydrogens (tertiary/aromatic N) is 1. The van der Waals surface area contributed by atoms with Gasteiger partial charge in [0.1, 0.15) is 33.0 Å². The number of phenols is 1. The molecule has 0 spiro atoms. The lowest BCUT2D eigenvalue weighted by Gasteiger charge is -2.25. The zero-order valence-electron chi connectivity index (χ0n) is 24.8. The first kappa shape index (κ1) is 30.1. The fourth-order valence-corrected chi connectivity index (χ4v) is 6.47. The van der Waals surface area contributed by atoms with E-state index in [2.05, 4.69) is 12.6 Å². The Bertz CT molecular complexity index is 1930. The van der Waals surface area contributed by atoms with Crippen molar-refractivity contribution >= 4 is 50.2 Å². The molecule has 0 aliphatic heterocycles. The topological polar surface area (TPSA) is 125 Å². The van der Waals surface area contributed by atoms with Crippen molar-refractivity contribution in [2.45, 2.75) is 39.5 Å². The Labute approximate surface area is 263 Å². The lowest BCUT2D eigenvalue weighted by atomic mass is 9.82. The van der Waals surface area contributed by atoms with Gasteiger partial charge in [-0.1, -0.05) is 12.6 Å². The molecule has 0 unspecified atom stereocenters. The summed E-state index contributed by atoms with van der Waals surface area (Å²) in [5.41, 5.74) is 3.34. The Morgan fingerprint density at radius 3 is 2.31 bits per heavy atom. The largest absolute Gasteiger partial charge is 0.506 e. The minimum Gasteiger partial charge on any atom is -0.506 e. The van der Waals surface area contributed by atoms with E-state index in [1.807, 2.05) is 26.0 Å². The molecule has 230 valence electrons. The molecule has 1 aliphatic rings. The number of esters is 2. The molecule has 10 heteroatoms. The van der Waals surface area contributed by atoms with E-state index in [4.69, 9.17) is 23.6 Å². The van der Waals surface area contributed by atoms with Crippen molar-refractivity contribution in [3.63, 3.8) is 0 Å². The minimum atomic E-state index is -0.399. The third-order valence-corrected chi connectivity index (χ3v) is 9.03. The SMILES string of the molecule is C=CC(=O)COc1ccc(OC(=O)C2CCC(C(=O)Oc3ccc(O)c4sc(-c5cc6c(C)cc(C)cc6o5)nc34)CC2)cc1. The molecule has 3 aromatic carbocycles. The minimum absolute atomic E-state index is 0.0423. The molecule has 1 saturated carbocycles. The van der Waals surface area contributed by atoms with Crippen molar-refractivity contribution in [2.75, 3.05) is 6.61 Å². The number of aryl methyl sites for hydroxylation is 2. The lowest BCUT2D eigenvalue weighted by Crippen LogP contribution is -2.30. The van der Waals surface area contributed by atoms with Gasteiger partial charge in [0.2, 0.25) is 0 Å². The van der Waals surface area contributed by atoms with Gasteiger partial charge in [-0.2, -0.15) is 0 Å². The molecule has 0 atom stereocenters. The number of carbonyl (C=O) groups is 3. The predicted octanol–water partition coefficient (Wildman–Crippen LogP) is 7.48. The summed E-state index contributed by atoms with van der Waals surface area (Å²) in [7, 11) is 0. The number of benzene rings is 3. The maximum Gasteiger partial charge on any atom is 0.314 e. The first-order valence-electron chi connectivity index (χ1n) is 14.6. The van der Waals surface area contributed by atoms with E-state index >= 15 is 0 Å². The third kappa shape index (κ3) is 6.46. The number of phenolic OH excluding ortho intramolecular Hbond substituents is 1. The van der Waals surface area contributed by atoms with Gasteiger partial charge in [-0.25, -0.2) is 4.98 Å². The van der Waals surface area contributed by atoms with Gasteiger partial charge in [0.15, 0.2) is 28.9 Å². The maximum absolute atomic E-state index is 13.2. The first-order chi connectivity index (χ1) is 21.7. The van der Waals surface area contributed by atoms with Crippen LogP contribution in [0.2, 0.25) is 0 Å². The van der Waals surface area contributed by atoms with Crippen molar-refractivity contribution in [3.8, 4) is 33.8 Å². The molecule has 2 heterocycles. The quantitative estimate of drug-likeness (QED) is 0.101. The van der Waals surface area contributed by atoms with Gasteiger partial charge < -0.3 is 23.7 Å². The Kier molecular flexibility index (Phi) is 8.40. The molecule has 5 aromatic rings.